The molecule has 5 heteroatoms. The van der Waals surface area contributed by atoms with Gasteiger partial charge in [-0.15, -0.1) is 0 Å². The number of aldehydes is 1. The first-order valence-electron chi connectivity index (χ1n) is 5.48. The fourth-order valence-corrected chi connectivity index (χ4v) is 1.29. The fourth-order valence-electron chi connectivity index (χ4n) is 1.29. The second-order valence-corrected chi connectivity index (χ2v) is 3.89. The number of carboxylic acids is 1. The van der Waals surface area contributed by atoms with E-state index in [9.17, 15) is 14.4 Å². The van der Waals surface area contributed by atoms with Crippen LogP contribution in [-0.4, -0.2) is 29.3 Å². The summed E-state index contributed by atoms with van der Waals surface area (Å²) in [6.45, 7) is 3.80. The molecular formula is C11H19NO4. The van der Waals surface area contributed by atoms with Crippen LogP contribution in [0.25, 0.3) is 0 Å². The average Bonchev–Trinajstić information content (AvgIpc) is 2.23. The maximum Gasteiger partial charge on any atom is 0.305 e. The smallest absolute Gasteiger partial charge is 0.305 e. The first kappa shape index (κ1) is 14.6. The molecule has 0 fully saturated rings. The Balaban J connectivity index is 4.08. The molecule has 2 N–H and O–H groups in total. The zero-order chi connectivity index (χ0) is 12.6. The average molecular weight is 229 g/mol. The summed E-state index contributed by atoms with van der Waals surface area (Å²) < 4.78 is 0. The summed E-state index contributed by atoms with van der Waals surface area (Å²) in [5.74, 6) is -1.54. The van der Waals surface area contributed by atoms with Gasteiger partial charge in [0.25, 0.3) is 0 Å². The van der Waals surface area contributed by atoms with Crippen LogP contribution in [0.15, 0.2) is 0 Å². The fraction of sp³-hybridized carbons (Fsp3) is 0.727. The highest BCUT2D eigenvalue weighted by Crippen LogP contribution is 2.07. The molecule has 0 aliphatic heterocycles. The molecule has 0 bridgehead atoms. The van der Waals surface area contributed by atoms with Crippen molar-refractivity contribution in [3.8, 4) is 0 Å². The summed E-state index contributed by atoms with van der Waals surface area (Å²) in [6, 6.07) is -0.922. The van der Waals surface area contributed by atoms with Gasteiger partial charge >= 0.3 is 5.97 Å². The molecule has 0 aromatic heterocycles. The van der Waals surface area contributed by atoms with Crippen molar-refractivity contribution in [3.63, 3.8) is 0 Å². The number of aliphatic carboxylic acids is 1. The van der Waals surface area contributed by atoms with Gasteiger partial charge in [-0.1, -0.05) is 26.7 Å². The third kappa shape index (κ3) is 6.16. The molecule has 2 unspecified atom stereocenters. The quantitative estimate of drug-likeness (QED) is 0.607. The predicted octanol–water partition coefficient (Wildman–Crippen LogP) is 0.971. The highest BCUT2D eigenvalue weighted by atomic mass is 16.4. The summed E-state index contributed by atoms with van der Waals surface area (Å²) in [5.41, 5.74) is 0. The van der Waals surface area contributed by atoms with Gasteiger partial charge in [-0.2, -0.15) is 0 Å². The second kappa shape index (κ2) is 7.84. The third-order valence-electron chi connectivity index (χ3n) is 2.32. The number of carbonyl (C=O) groups excluding carboxylic acids is 2. The molecule has 0 heterocycles. The molecule has 0 aliphatic carbocycles. The molecular weight excluding hydrogens is 210 g/mol. The van der Waals surface area contributed by atoms with Gasteiger partial charge in [0.2, 0.25) is 5.91 Å². The molecule has 0 aliphatic rings. The lowest BCUT2D eigenvalue weighted by Crippen LogP contribution is -2.40. The van der Waals surface area contributed by atoms with E-state index in [0.717, 1.165) is 19.3 Å². The number of rotatable bonds is 8. The van der Waals surface area contributed by atoms with Crippen molar-refractivity contribution in [2.75, 3.05) is 0 Å². The van der Waals surface area contributed by atoms with Gasteiger partial charge < -0.3 is 15.2 Å². The Kier molecular flexibility index (Phi) is 7.16. The maximum atomic E-state index is 11.5. The summed E-state index contributed by atoms with van der Waals surface area (Å²) >= 11 is 0. The first-order valence-corrected chi connectivity index (χ1v) is 5.48. The summed E-state index contributed by atoms with van der Waals surface area (Å²) in [6.07, 6.45) is 2.79. The SMILES string of the molecule is CCCCC(C)C(=O)NC(C=O)CC(=O)O. The Morgan fingerprint density at radius 1 is 1.44 bits per heavy atom. The molecule has 0 saturated heterocycles. The molecule has 92 valence electrons. The van der Waals surface area contributed by atoms with Gasteiger partial charge in [0, 0.05) is 5.92 Å². The highest BCUT2D eigenvalue weighted by Gasteiger charge is 2.18. The third-order valence-corrected chi connectivity index (χ3v) is 2.32. The van der Waals surface area contributed by atoms with Gasteiger partial charge in [0.15, 0.2) is 0 Å². The molecule has 16 heavy (non-hydrogen) atoms. The standard InChI is InChI=1S/C11H19NO4/c1-3-4-5-8(2)11(16)12-9(7-13)6-10(14)15/h7-9H,3-6H2,1-2H3,(H,12,16)(H,14,15). The van der Waals surface area contributed by atoms with Crippen molar-refractivity contribution >= 4 is 18.2 Å². The lowest BCUT2D eigenvalue weighted by molar-refractivity contribution is -0.139. The van der Waals surface area contributed by atoms with E-state index < -0.39 is 12.0 Å². The number of unbranched alkanes of at least 4 members (excludes halogenated alkanes) is 1. The van der Waals surface area contributed by atoms with E-state index in [1.165, 1.54) is 0 Å². The van der Waals surface area contributed by atoms with Gasteiger partial charge in [-0.05, 0) is 6.42 Å². The number of carboxylic acid groups (broad SMARTS) is 1. The Morgan fingerprint density at radius 3 is 2.50 bits per heavy atom. The minimum Gasteiger partial charge on any atom is -0.481 e. The van der Waals surface area contributed by atoms with E-state index in [0.29, 0.717) is 6.29 Å². The van der Waals surface area contributed by atoms with Crippen LogP contribution >= 0.6 is 0 Å². The number of hydrogen-bond acceptors (Lipinski definition) is 3. The first-order chi connectivity index (χ1) is 7.51. The monoisotopic (exact) mass is 229 g/mol. The minimum absolute atomic E-state index is 0.184. The molecule has 5 nitrogen and oxygen atoms in total. The van der Waals surface area contributed by atoms with Crippen LogP contribution in [0.4, 0.5) is 0 Å². The van der Waals surface area contributed by atoms with Crippen LogP contribution in [0, 0.1) is 5.92 Å². The Bertz CT molecular complexity index is 252. The van der Waals surface area contributed by atoms with Gasteiger partial charge in [-0.25, -0.2) is 0 Å². The number of amides is 1. The van der Waals surface area contributed by atoms with E-state index in [1.807, 2.05) is 6.92 Å². The van der Waals surface area contributed by atoms with Crippen LogP contribution in [0.1, 0.15) is 39.5 Å². The second-order valence-electron chi connectivity index (χ2n) is 3.89. The summed E-state index contributed by atoms with van der Waals surface area (Å²) in [7, 11) is 0. The molecule has 2 atom stereocenters. The van der Waals surface area contributed by atoms with Gasteiger partial charge in [0.1, 0.15) is 6.29 Å². The topological polar surface area (TPSA) is 83.5 Å². The van der Waals surface area contributed by atoms with E-state index >= 15 is 0 Å². The zero-order valence-corrected chi connectivity index (χ0v) is 9.73. The molecule has 0 spiro atoms. The van der Waals surface area contributed by atoms with Crippen molar-refractivity contribution < 1.29 is 19.5 Å². The molecule has 1 amide bonds. The van der Waals surface area contributed by atoms with Crippen molar-refractivity contribution in [1.82, 2.24) is 5.32 Å². The van der Waals surface area contributed by atoms with Gasteiger partial charge in [0.05, 0.1) is 12.5 Å². The Labute approximate surface area is 95.2 Å². The largest absolute Gasteiger partial charge is 0.481 e. The van der Waals surface area contributed by atoms with E-state index in [1.54, 1.807) is 6.92 Å². The maximum absolute atomic E-state index is 11.5. The Morgan fingerprint density at radius 2 is 2.06 bits per heavy atom. The van der Waals surface area contributed by atoms with E-state index in [2.05, 4.69) is 5.32 Å². The molecule has 0 saturated carbocycles. The van der Waals surface area contributed by atoms with Crippen LogP contribution < -0.4 is 5.32 Å². The van der Waals surface area contributed by atoms with Gasteiger partial charge in [-0.3, -0.25) is 9.59 Å². The number of carbonyl (C=O) groups is 3. The van der Waals surface area contributed by atoms with Crippen molar-refractivity contribution in [2.45, 2.75) is 45.6 Å². The molecule has 0 aromatic carbocycles. The van der Waals surface area contributed by atoms with Crippen LogP contribution in [0.2, 0.25) is 0 Å². The number of nitrogens with one attached hydrogen (secondary N) is 1. The van der Waals surface area contributed by atoms with E-state index in [4.69, 9.17) is 5.11 Å². The number of hydrogen-bond donors (Lipinski definition) is 2. The summed E-state index contributed by atoms with van der Waals surface area (Å²) in [5, 5.41) is 10.9. The van der Waals surface area contributed by atoms with Crippen LogP contribution in [0.3, 0.4) is 0 Å². The highest BCUT2D eigenvalue weighted by molar-refractivity contribution is 5.83. The van der Waals surface area contributed by atoms with Crippen molar-refractivity contribution in [2.24, 2.45) is 5.92 Å². The van der Waals surface area contributed by atoms with Crippen molar-refractivity contribution in [3.05, 3.63) is 0 Å². The van der Waals surface area contributed by atoms with Crippen LogP contribution in [-0.2, 0) is 14.4 Å². The molecule has 0 rings (SSSR count). The molecule has 0 aromatic rings. The van der Waals surface area contributed by atoms with Crippen LogP contribution in [0.5, 0.6) is 0 Å². The van der Waals surface area contributed by atoms with Crippen molar-refractivity contribution in [1.29, 1.82) is 0 Å². The zero-order valence-electron chi connectivity index (χ0n) is 9.73. The lowest BCUT2D eigenvalue weighted by atomic mass is 10.0. The summed E-state index contributed by atoms with van der Waals surface area (Å²) in [4.78, 5) is 32.5. The van der Waals surface area contributed by atoms with E-state index in [-0.39, 0.29) is 18.2 Å². The lowest BCUT2D eigenvalue weighted by Gasteiger charge is -2.15. The minimum atomic E-state index is -1.10. The Hall–Kier alpha value is -1.39. The normalized spacial score (nSPS) is 13.9. The predicted molar refractivity (Wildman–Crippen MR) is 58.9 cm³/mol. The molecule has 0 radical (unpaired) electrons.